The van der Waals surface area contributed by atoms with Crippen molar-refractivity contribution in [2.75, 3.05) is 18.9 Å². The van der Waals surface area contributed by atoms with Crippen molar-refractivity contribution in [3.05, 3.63) is 23.9 Å². The molecule has 2 aliphatic rings. The van der Waals surface area contributed by atoms with Gasteiger partial charge < -0.3 is 15.4 Å². The van der Waals surface area contributed by atoms with Crippen LogP contribution in [0.2, 0.25) is 0 Å². The Morgan fingerprint density at radius 2 is 2.21 bits per heavy atom. The molecule has 5 nitrogen and oxygen atoms in total. The molecule has 2 N–H and O–H groups in total. The summed E-state index contributed by atoms with van der Waals surface area (Å²) in [7, 11) is 0. The molecule has 5 heteroatoms. The van der Waals surface area contributed by atoms with E-state index in [0.29, 0.717) is 24.7 Å². The van der Waals surface area contributed by atoms with Gasteiger partial charge in [-0.25, -0.2) is 4.98 Å². The number of rotatable bonds is 1. The number of nitrogen functional groups attached to an aromatic ring is 1. The summed E-state index contributed by atoms with van der Waals surface area (Å²) < 4.78 is 5.78. The van der Waals surface area contributed by atoms with Crippen LogP contribution in [0.15, 0.2) is 18.2 Å². The predicted octanol–water partition coefficient (Wildman–Crippen LogP) is 1.45. The first-order chi connectivity index (χ1) is 9.25. The lowest BCUT2D eigenvalue weighted by Gasteiger charge is -2.43. The number of morpholine rings is 1. The SMILES string of the molecule is Nc1cccc(C(=O)N2CCOC3CCCCC32)n1. The Hall–Kier alpha value is -1.62. The number of hydrogen-bond donors (Lipinski definition) is 1. The Balaban J connectivity index is 1.82. The van der Waals surface area contributed by atoms with Gasteiger partial charge in [0.2, 0.25) is 0 Å². The van der Waals surface area contributed by atoms with Crippen LogP contribution >= 0.6 is 0 Å². The van der Waals surface area contributed by atoms with Gasteiger partial charge in [0.1, 0.15) is 11.5 Å². The van der Waals surface area contributed by atoms with E-state index in [2.05, 4.69) is 4.98 Å². The molecular weight excluding hydrogens is 242 g/mol. The molecule has 2 atom stereocenters. The van der Waals surface area contributed by atoms with Gasteiger partial charge in [0.15, 0.2) is 0 Å². The smallest absolute Gasteiger partial charge is 0.272 e. The largest absolute Gasteiger partial charge is 0.384 e. The zero-order chi connectivity index (χ0) is 13.2. The minimum Gasteiger partial charge on any atom is -0.384 e. The van der Waals surface area contributed by atoms with Crippen molar-refractivity contribution in [2.24, 2.45) is 0 Å². The van der Waals surface area contributed by atoms with Crippen molar-refractivity contribution in [2.45, 2.75) is 37.8 Å². The Morgan fingerprint density at radius 1 is 1.37 bits per heavy atom. The molecule has 0 spiro atoms. The molecular formula is C14H19N3O2. The van der Waals surface area contributed by atoms with Crippen LogP contribution in [0, 0.1) is 0 Å². The molecule has 1 saturated heterocycles. The summed E-state index contributed by atoms with van der Waals surface area (Å²) in [5.41, 5.74) is 6.09. The highest BCUT2D eigenvalue weighted by molar-refractivity contribution is 5.93. The standard InChI is InChI=1S/C14H19N3O2/c15-13-7-3-4-10(16-13)14(18)17-8-9-19-12-6-2-1-5-11(12)17/h3-4,7,11-12H,1-2,5-6,8-9H2,(H2,15,16). The van der Waals surface area contributed by atoms with Crippen molar-refractivity contribution in [1.29, 1.82) is 0 Å². The number of nitrogens with two attached hydrogens (primary N) is 1. The van der Waals surface area contributed by atoms with Gasteiger partial charge in [0.25, 0.3) is 5.91 Å². The molecule has 3 rings (SSSR count). The van der Waals surface area contributed by atoms with Crippen molar-refractivity contribution in [1.82, 2.24) is 9.88 Å². The fourth-order valence-corrected chi connectivity index (χ4v) is 3.07. The van der Waals surface area contributed by atoms with Crippen LogP contribution in [0.4, 0.5) is 5.82 Å². The van der Waals surface area contributed by atoms with Gasteiger partial charge in [-0.15, -0.1) is 0 Å². The predicted molar refractivity (Wildman–Crippen MR) is 71.7 cm³/mol. The van der Waals surface area contributed by atoms with Crippen LogP contribution in [-0.4, -0.2) is 41.1 Å². The average molecular weight is 261 g/mol. The van der Waals surface area contributed by atoms with E-state index < -0.39 is 0 Å². The van der Waals surface area contributed by atoms with Crippen LogP contribution in [0.5, 0.6) is 0 Å². The zero-order valence-electron chi connectivity index (χ0n) is 10.9. The summed E-state index contributed by atoms with van der Waals surface area (Å²) in [5.74, 6) is 0.367. The molecule has 1 aliphatic carbocycles. The Kier molecular flexibility index (Phi) is 3.38. The summed E-state index contributed by atoms with van der Waals surface area (Å²) in [5, 5.41) is 0. The number of hydrogen-bond acceptors (Lipinski definition) is 4. The highest BCUT2D eigenvalue weighted by atomic mass is 16.5. The van der Waals surface area contributed by atoms with Crippen LogP contribution in [0.1, 0.15) is 36.2 Å². The van der Waals surface area contributed by atoms with E-state index in [1.165, 1.54) is 12.8 Å². The van der Waals surface area contributed by atoms with Crippen LogP contribution in [-0.2, 0) is 4.74 Å². The van der Waals surface area contributed by atoms with Crippen LogP contribution in [0.25, 0.3) is 0 Å². The summed E-state index contributed by atoms with van der Waals surface area (Å²) in [6.07, 6.45) is 4.64. The molecule has 1 aliphatic heterocycles. The molecule has 0 radical (unpaired) electrons. The molecule has 1 saturated carbocycles. The molecule has 2 fully saturated rings. The number of carbonyl (C=O) groups excluding carboxylic acids is 1. The number of amides is 1. The van der Waals surface area contributed by atoms with Gasteiger partial charge in [-0.3, -0.25) is 4.79 Å². The third-order valence-electron chi connectivity index (χ3n) is 3.98. The Bertz CT molecular complexity index is 476. The number of aromatic nitrogens is 1. The van der Waals surface area contributed by atoms with Crippen molar-refractivity contribution >= 4 is 11.7 Å². The van der Waals surface area contributed by atoms with E-state index in [4.69, 9.17) is 10.5 Å². The highest BCUT2D eigenvalue weighted by Gasteiger charge is 2.37. The normalized spacial score (nSPS) is 26.8. The molecule has 1 aromatic heterocycles. The molecule has 19 heavy (non-hydrogen) atoms. The maximum atomic E-state index is 12.6. The van der Waals surface area contributed by atoms with Crippen LogP contribution < -0.4 is 5.73 Å². The fourth-order valence-electron chi connectivity index (χ4n) is 3.07. The van der Waals surface area contributed by atoms with Gasteiger partial charge >= 0.3 is 0 Å². The lowest BCUT2D eigenvalue weighted by Crippen LogP contribution is -2.55. The van der Waals surface area contributed by atoms with E-state index >= 15 is 0 Å². The highest BCUT2D eigenvalue weighted by Crippen LogP contribution is 2.29. The first-order valence-corrected chi connectivity index (χ1v) is 6.91. The van der Waals surface area contributed by atoms with E-state index in [-0.39, 0.29) is 18.1 Å². The van der Waals surface area contributed by atoms with Crippen LogP contribution in [0.3, 0.4) is 0 Å². The van der Waals surface area contributed by atoms with Gasteiger partial charge in [-0.05, 0) is 25.0 Å². The maximum Gasteiger partial charge on any atom is 0.272 e. The summed E-state index contributed by atoms with van der Waals surface area (Å²) >= 11 is 0. The van der Waals surface area contributed by atoms with Gasteiger partial charge in [-0.1, -0.05) is 18.9 Å². The first-order valence-electron chi connectivity index (χ1n) is 6.91. The van der Waals surface area contributed by atoms with E-state index in [1.54, 1.807) is 18.2 Å². The zero-order valence-corrected chi connectivity index (χ0v) is 10.9. The second-order valence-corrected chi connectivity index (χ2v) is 5.21. The topological polar surface area (TPSA) is 68.5 Å². The fraction of sp³-hybridized carbons (Fsp3) is 0.571. The van der Waals surface area contributed by atoms with E-state index in [9.17, 15) is 4.79 Å². The average Bonchev–Trinajstić information content (AvgIpc) is 2.46. The number of fused-ring (bicyclic) bond motifs is 1. The number of pyridine rings is 1. The van der Waals surface area contributed by atoms with Crippen molar-refractivity contribution < 1.29 is 9.53 Å². The van der Waals surface area contributed by atoms with Crippen molar-refractivity contribution in [3.63, 3.8) is 0 Å². The van der Waals surface area contributed by atoms with Gasteiger partial charge in [0.05, 0.1) is 18.8 Å². The number of nitrogens with zero attached hydrogens (tertiary/aromatic N) is 2. The molecule has 0 aromatic carbocycles. The molecule has 102 valence electrons. The Morgan fingerprint density at radius 3 is 3.05 bits per heavy atom. The molecule has 2 heterocycles. The minimum absolute atomic E-state index is 0.0208. The third kappa shape index (κ3) is 2.42. The molecule has 2 unspecified atom stereocenters. The molecule has 0 bridgehead atoms. The molecule has 1 aromatic rings. The summed E-state index contributed by atoms with van der Waals surface area (Å²) in [6.45, 7) is 1.27. The lowest BCUT2D eigenvalue weighted by atomic mass is 9.90. The second kappa shape index (κ2) is 5.17. The maximum absolute atomic E-state index is 12.6. The lowest BCUT2D eigenvalue weighted by molar-refractivity contribution is -0.0754. The second-order valence-electron chi connectivity index (χ2n) is 5.21. The Labute approximate surface area is 112 Å². The summed E-state index contributed by atoms with van der Waals surface area (Å²) in [6, 6.07) is 5.40. The van der Waals surface area contributed by atoms with Gasteiger partial charge in [-0.2, -0.15) is 0 Å². The molecule has 1 amide bonds. The van der Waals surface area contributed by atoms with E-state index in [0.717, 1.165) is 12.8 Å². The quantitative estimate of drug-likeness (QED) is 0.830. The minimum atomic E-state index is -0.0208. The van der Waals surface area contributed by atoms with E-state index in [1.807, 2.05) is 4.90 Å². The first kappa shape index (κ1) is 12.4. The third-order valence-corrected chi connectivity index (χ3v) is 3.98. The van der Waals surface area contributed by atoms with Crippen molar-refractivity contribution in [3.8, 4) is 0 Å². The number of carbonyl (C=O) groups is 1. The monoisotopic (exact) mass is 261 g/mol. The number of ether oxygens (including phenoxy) is 1. The van der Waals surface area contributed by atoms with Gasteiger partial charge in [0, 0.05) is 6.54 Å². The number of anilines is 1. The summed E-state index contributed by atoms with van der Waals surface area (Å²) in [4.78, 5) is 18.6.